The first-order valence-electron chi connectivity index (χ1n) is 6.42. The third-order valence-electron chi connectivity index (χ3n) is 3.63. The minimum absolute atomic E-state index is 0.126. The van der Waals surface area contributed by atoms with Crippen molar-refractivity contribution in [2.75, 3.05) is 11.4 Å². The fraction of sp³-hybridized carbons (Fsp3) is 0.357. The van der Waals surface area contributed by atoms with Crippen LogP contribution in [-0.2, 0) is 11.0 Å². The monoisotopic (exact) mass is 282 g/mol. The van der Waals surface area contributed by atoms with Gasteiger partial charge in [0.25, 0.3) is 0 Å². The van der Waals surface area contributed by atoms with E-state index in [1.54, 1.807) is 4.90 Å². The number of alkyl halides is 3. The molecule has 2 aliphatic rings. The number of hydrogen-bond donors (Lipinski definition) is 1. The number of hydrogen-bond acceptors (Lipinski definition) is 2. The summed E-state index contributed by atoms with van der Waals surface area (Å²) < 4.78 is 37.6. The maximum atomic E-state index is 12.5. The quantitative estimate of drug-likeness (QED) is 0.858. The first kappa shape index (κ1) is 13.0. The number of halogens is 3. The smallest absolute Gasteiger partial charge is 0.318 e. The highest BCUT2D eigenvalue weighted by molar-refractivity contribution is 5.89. The molecule has 1 aliphatic carbocycles. The zero-order valence-corrected chi connectivity index (χ0v) is 10.6. The number of benzene rings is 1. The lowest BCUT2D eigenvalue weighted by Crippen LogP contribution is -2.23. The maximum Gasteiger partial charge on any atom is 0.416 e. The van der Waals surface area contributed by atoms with Gasteiger partial charge in [0, 0.05) is 5.69 Å². The number of rotatable bonds is 1. The molecule has 0 aromatic heterocycles. The van der Waals surface area contributed by atoms with Gasteiger partial charge in [-0.1, -0.05) is 0 Å². The van der Waals surface area contributed by atoms with E-state index < -0.39 is 11.7 Å². The number of carbonyl (C=O) groups excluding carboxylic acids is 1. The second kappa shape index (κ2) is 4.54. The largest absolute Gasteiger partial charge is 0.416 e. The molecule has 20 heavy (non-hydrogen) atoms. The highest BCUT2D eigenvalue weighted by Gasteiger charge is 2.32. The van der Waals surface area contributed by atoms with E-state index in [1.807, 2.05) is 0 Å². The second-order valence-corrected chi connectivity index (χ2v) is 4.98. The molecule has 1 saturated carbocycles. The van der Waals surface area contributed by atoms with Gasteiger partial charge in [-0.3, -0.25) is 4.79 Å². The summed E-state index contributed by atoms with van der Waals surface area (Å²) in [5, 5.41) is 2.79. The lowest BCUT2D eigenvalue weighted by atomic mass is 9.92. The molecule has 0 atom stereocenters. The van der Waals surface area contributed by atoms with E-state index in [2.05, 4.69) is 5.32 Å². The lowest BCUT2D eigenvalue weighted by Gasteiger charge is -2.26. The number of amides is 1. The molecule has 0 radical (unpaired) electrons. The van der Waals surface area contributed by atoms with Gasteiger partial charge in [0.05, 0.1) is 5.56 Å². The first-order chi connectivity index (χ1) is 9.45. The minimum Gasteiger partial charge on any atom is -0.318 e. The number of allylic oxidation sites excluding steroid dienone is 1. The fourth-order valence-electron chi connectivity index (χ4n) is 2.38. The van der Waals surface area contributed by atoms with E-state index >= 15 is 0 Å². The van der Waals surface area contributed by atoms with Gasteiger partial charge < -0.3 is 10.2 Å². The average molecular weight is 282 g/mol. The van der Waals surface area contributed by atoms with Crippen LogP contribution in [0.1, 0.15) is 24.8 Å². The maximum absolute atomic E-state index is 12.5. The van der Waals surface area contributed by atoms with E-state index in [9.17, 15) is 18.0 Å². The van der Waals surface area contributed by atoms with Crippen molar-refractivity contribution in [1.29, 1.82) is 0 Å². The Balaban J connectivity index is 1.90. The Morgan fingerprint density at radius 3 is 2.25 bits per heavy atom. The standard InChI is InChI=1S/C14H13F3N2O/c15-14(16,17)10-4-6-11(7-5-10)19-8-12(20)18-13(19)9-2-1-3-9/h4-7H,1-3,8H2,(H,18,20). The number of nitrogens with zero attached hydrogens (tertiary/aromatic N) is 1. The molecule has 106 valence electrons. The molecule has 1 amide bonds. The van der Waals surface area contributed by atoms with Crippen molar-refractivity contribution in [2.45, 2.75) is 25.4 Å². The summed E-state index contributed by atoms with van der Waals surface area (Å²) in [4.78, 5) is 13.3. The summed E-state index contributed by atoms with van der Waals surface area (Å²) in [7, 11) is 0. The molecule has 2 fully saturated rings. The molecule has 0 spiro atoms. The summed E-state index contributed by atoms with van der Waals surface area (Å²) in [6, 6.07) is 4.90. The van der Waals surface area contributed by atoms with Gasteiger partial charge in [0.15, 0.2) is 0 Å². The highest BCUT2D eigenvalue weighted by atomic mass is 19.4. The molecule has 1 aliphatic heterocycles. The first-order valence-corrected chi connectivity index (χ1v) is 6.42. The molecule has 0 unspecified atom stereocenters. The van der Waals surface area contributed by atoms with Crippen LogP contribution >= 0.6 is 0 Å². The van der Waals surface area contributed by atoms with Crippen molar-refractivity contribution in [3.8, 4) is 0 Å². The van der Waals surface area contributed by atoms with Gasteiger partial charge in [-0.05, 0) is 49.1 Å². The second-order valence-electron chi connectivity index (χ2n) is 4.98. The van der Waals surface area contributed by atoms with Gasteiger partial charge in [-0.15, -0.1) is 0 Å². The van der Waals surface area contributed by atoms with E-state index in [1.165, 1.54) is 12.1 Å². The summed E-state index contributed by atoms with van der Waals surface area (Å²) >= 11 is 0. The van der Waals surface area contributed by atoms with E-state index in [4.69, 9.17) is 0 Å². The van der Waals surface area contributed by atoms with Crippen LogP contribution in [-0.4, -0.2) is 12.5 Å². The highest BCUT2D eigenvalue weighted by Crippen LogP contribution is 2.35. The van der Waals surface area contributed by atoms with Gasteiger partial charge in [-0.2, -0.15) is 13.2 Å². The fourth-order valence-corrected chi connectivity index (χ4v) is 2.38. The molecule has 3 nitrogen and oxygen atoms in total. The molecule has 1 aromatic rings. The number of anilines is 1. The average Bonchev–Trinajstić information content (AvgIpc) is 2.68. The number of nitrogens with one attached hydrogen (secondary N) is 1. The van der Waals surface area contributed by atoms with Crippen molar-refractivity contribution < 1.29 is 18.0 Å². The SMILES string of the molecule is O=C1CN(c2ccc(C(F)(F)F)cc2)C(=C2CCC2)N1. The lowest BCUT2D eigenvalue weighted by molar-refractivity contribution is -0.137. The molecule has 0 bridgehead atoms. The van der Waals surface area contributed by atoms with Gasteiger partial charge in [0.1, 0.15) is 12.4 Å². The molecule has 1 aromatic carbocycles. The van der Waals surface area contributed by atoms with Crippen LogP contribution in [0.25, 0.3) is 0 Å². The minimum atomic E-state index is -4.34. The Bertz CT molecular complexity index is 569. The van der Waals surface area contributed by atoms with Crippen LogP contribution < -0.4 is 10.2 Å². The Hall–Kier alpha value is -1.98. The Morgan fingerprint density at radius 2 is 1.75 bits per heavy atom. The zero-order chi connectivity index (χ0) is 14.3. The van der Waals surface area contributed by atoms with Crippen molar-refractivity contribution in [1.82, 2.24) is 5.32 Å². The Labute approximate surface area is 114 Å². The molecule has 1 heterocycles. The van der Waals surface area contributed by atoms with E-state index in [-0.39, 0.29) is 12.5 Å². The van der Waals surface area contributed by atoms with Gasteiger partial charge in [0.2, 0.25) is 5.91 Å². The molecular weight excluding hydrogens is 269 g/mol. The predicted molar refractivity (Wildman–Crippen MR) is 67.8 cm³/mol. The molecule has 6 heteroatoms. The normalized spacial score (nSPS) is 19.1. The van der Waals surface area contributed by atoms with Crippen LogP contribution in [0, 0.1) is 0 Å². The van der Waals surface area contributed by atoms with Crippen molar-refractivity contribution in [3.63, 3.8) is 0 Å². The molecule has 3 rings (SSSR count). The van der Waals surface area contributed by atoms with Crippen molar-refractivity contribution >= 4 is 11.6 Å². The van der Waals surface area contributed by atoms with Gasteiger partial charge >= 0.3 is 6.18 Å². The van der Waals surface area contributed by atoms with Crippen LogP contribution in [0.15, 0.2) is 35.7 Å². The third-order valence-corrected chi connectivity index (χ3v) is 3.63. The molecule has 1 saturated heterocycles. The molecule has 1 N–H and O–H groups in total. The summed E-state index contributed by atoms with van der Waals surface area (Å²) in [6.45, 7) is 0.157. The summed E-state index contributed by atoms with van der Waals surface area (Å²) in [6.07, 6.45) is -1.37. The zero-order valence-electron chi connectivity index (χ0n) is 10.6. The number of carbonyl (C=O) groups is 1. The third kappa shape index (κ3) is 2.26. The van der Waals surface area contributed by atoms with Crippen LogP contribution in [0.2, 0.25) is 0 Å². The van der Waals surface area contributed by atoms with Crippen LogP contribution in [0.4, 0.5) is 18.9 Å². The van der Waals surface area contributed by atoms with E-state index in [0.29, 0.717) is 5.69 Å². The Kier molecular flexibility index (Phi) is 2.96. The van der Waals surface area contributed by atoms with Crippen LogP contribution in [0.5, 0.6) is 0 Å². The van der Waals surface area contributed by atoms with Gasteiger partial charge in [-0.25, -0.2) is 0 Å². The van der Waals surface area contributed by atoms with Crippen molar-refractivity contribution in [3.05, 3.63) is 41.2 Å². The predicted octanol–water partition coefficient (Wildman–Crippen LogP) is 3.04. The Morgan fingerprint density at radius 1 is 1.10 bits per heavy atom. The summed E-state index contributed by atoms with van der Waals surface area (Å²) in [5.41, 5.74) is 1.08. The van der Waals surface area contributed by atoms with E-state index in [0.717, 1.165) is 42.8 Å². The van der Waals surface area contributed by atoms with Crippen molar-refractivity contribution in [2.24, 2.45) is 0 Å². The summed E-state index contributed by atoms with van der Waals surface area (Å²) in [5.74, 6) is 0.625. The topological polar surface area (TPSA) is 32.3 Å². The van der Waals surface area contributed by atoms with Crippen LogP contribution in [0.3, 0.4) is 0 Å². The molecular formula is C14H13F3N2O.